The summed E-state index contributed by atoms with van der Waals surface area (Å²) in [6, 6.07) is 5.06. The summed E-state index contributed by atoms with van der Waals surface area (Å²) in [4.78, 5) is 14.6. The van der Waals surface area contributed by atoms with Gasteiger partial charge in [-0.25, -0.2) is 4.79 Å². The van der Waals surface area contributed by atoms with Gasteiger partial charge in [0.1, 0.15) is 6.10 Å². The second kappa shape index (κ2) is 8.19. The van der Waals surface area contributed by atoms with Crippen LogP contribution in [-0.2, 0) is 10.9 Å². The van der Waals surface area contributed by atoms with Gasteiger partial charge in [0.2, 0.25) is 0 Å². The predicted octanol–water partition coefficient (Wildman–Crippen LogP) is 7.37. The third kappa shape index (κ3) is 4.15. The smallest absolute Gasteiger partial charge is 0.416 e. The fourth-order valence-electron chi connectivity index (χ4n) is 4.71. The van der Waals surface area contributed by atoms with Crippen molar-refractivity contribution in [1.29, 1.82) is 0 Å². The number of carbonyl (C=O) groups excluding carboxylic acids is 1. The number of alkyl halides is 3. The molecule has 0 aliphatic carbocycles. The molecule has 2 saturated heterocycles. The summed E-state index contributed by atoms with van der Waals surface area (Å²) in [5.74, 6) is 0. The summed E-state index contributed by atoms with van der Waals surface area (Å²) < 4.78 is 46.3. The van der Waals surface area contributed by atoms with Gasteiger partial charge in [-0.3, -0.25) is 4.90 Å². The number of thiophene rings is 1. The molecule has 0 spiro atoms. The highest BCUT2D eigenvalue weighted by Crippen LogP contribution is 2.46. The Morgan fingerprint density at radius 2 is 2.03 bits per heavy atom. The molecule has 2 fully saturated rings. The number of piperidine rings is 1. The van der Waals surface area contributed by atoms with Crippen LogP contribution in [0.3, 0.4) is 0 Å². The molecule has 2 aliphatic heterocycles. The van der Waals surface area contributed by atoms with Gasteiger partial charge < -0.3 is 4.74 Å². The van der Waals surface area contributed by atoms with Crippen LogP contribution in [0.2, 0.25) is 0 Å². The molecule has 0 N–H and O–H groups in total. The zero-order chi connectivity index (χ0) is 22.3. The minimum Gasteiger partial charge on any atom is -0.439 e. The van der Waals surface area contributed by atoms with Crippen LogP contribution in [0.1, 0.15) is 50.3 Å². The van der Waals surface area contributed by atoms with Crippen LogP contribution in [0, 0.1) is 0 Å². The number of rotatable bonds is 4. The third-order valence-corrected chi connectivity index (χ3v) is 6.63. The highest BCUT2D eigenvalue weighted by Gasteiger charge is 2.48. The molecule has 1 aromatic heterocycles. The number of amides is 1. The maximum atomic E-state index is 13.5. The van der Waals surface area contributed by atoms with Gasteiger partial charge in [-0.05, 0) is 84.3 Å². The maximum absolute atomic E-state index is 13.5. The second-order valence-electron chi connectivity index (χ2n) is 8.27. The summed E-state index contributed by atoms with van der Waals surface area (Å²) in [7, 11) is 0. The number of halogens is 3. The number of cyclic esters (lactones) is 1. The van der Waals surface area contributed by atoms with Crippen molar-refractivity contribution in [2.24, 2.45) is 0 Å². The first-order chi connectivity index (χ1) is 14.7. The number of benzene rings is 1. The Balaban J connectivity index is 1.79. The number of allylic oxidation sites excluding steroid dienone is 2. The Kier molecular flexibility index (Phi) is 5.73. The van der Waals surface area contributed by atoms with E-state index in [1.807, 2.05) is 36.7 Å². The Labute approximate surface area is 183 Å². The monoisotopic (exact) mass is 447 g/mol. The summed E-state index contributed by atoms with van der Waals surface area (Å²) >= 11 is 1.49. The standard InChI is InChI=1S/C24H24F3NO2S/c1-14(2)11-15(3)22-21-6-4-5-20(28(21)23(29)30-22)19-12-17(24(25,26)27)7-8-18(19)16-9-10-31-13-16/h7-13,20-22H,1,4-6H2,2-3H3. The van der Waals surface area contributed by atoms with E-state index < -0.39 is 30.0 Å². The predicted molar refractivity (Wildman–Crippen MR) is 116 cm³/mol. The summed E-state index contributed by atoms with van der Waals surface area (Å²) in [5, 5.41) is 3.81. The minimum atomic E-state index is -4.45. The lowest BCUT2D eigenvalue weighted by Crippen LogP contribution is -2.43. The van der Waals surface area contributed by atoms with E-state index in [0.29, 0.717) is 12.0 Å². The molecule has 164 valence electrons. The molecule has 7 heteroatoms. The molecular weight excluding hydrogens is 423 g/mol. The highest BCUT2D eigenvalue weighted by atomic mass is 32.1. The zero-order valence-electron chi connectivity index (χ0n) is 17.4. The molecule has 3 heterocycles. The number of fused-ring (bicyclic) bond motifs is 1. The van der Waals surface area contributed by atoms with Crippen molar-refractivity contribution in [2.45, 2.75) is 57.5 Å². The molecule has 1 amide bonds. The van der Waals surface area contributed by atoms with Crippen molar-refractivity contribution < 1.29 is 22.7 Å². The summed E-state index contributed by atoms with van der Waals surface area (Å²) in [5.41, 5.74) is 3.17. The van der Waals surface area contributed by atoms with E-state index in [0.717, 1.165) is 41.2 Å². The SMILES string of the molecule is C=C(C)C=C(C)C1OC(=O)N2C(c3cc(C(F)(F)F)ccc3-c3ccsc3)CCCC12. The summed E-state index contributed by atoms with van der Waals surface area (Å²) in [6.07, 6.45) is -1.29. The van der Waals surface area contributed by atoms with Crippen LogP contribution in [0.4, 0.5) is 18.0 Å². The lowest BCUT2D eigenvalue weighted by molar-refractivity contribution is -0.137. The van der Waals surface area contributed by atoms with Crippen LogP contribution in [0.15, 0.2) is 58.8 Å². The largest absolute Gasteiger partial charge is 0.439 e. The molecule has 31 heavy (non-hydrogen) atoms. The van der Waals surface area contributed by atoms with Crippen molar-refractivity contribution in [3.8, 4) is 11.1 Å². The van der Waals surface area contributed by atoms with E-state index in [-0.39, 0.29) is 6.04 Å². The quantitative estimate of drug-likeness (QED) is 0.458. The van der Waals surface area contributed by atoms with Crippen LogP contribution in [-0.4, -0.2) is 23.1 Å². The number of ether oxygens (including phenoxy) is 1. The molecule has 2 aromatic rings. The van der Waals surface area contributed by atoms with Crippen molar-refractivity contribution in [1.82, 2.24) is 4.90 Å². The maximum Gasteiger partial charge on any atom is 0.416 e. The van der Waals surface area contributed by atoms with E-state index in [4.69, 9.17) is 4.74 Å². The van der Waals surface area contributed by atoms with Gasteiger partial charge in [0.05, 0.1) is 17.6 Å². The molecule has 0 radical (unpaired) electrons. The average molecular weight is 448 g/mol. The lowest BCUT2D eigenvalue weighted by Gasteiger charge is -2.38. The van der Waals surface area contributed by atoms with Crippen molar-refractivity contribution in [3.05, 3.63) is 70.0 Å². The van der Waals surface area contributed by atoms with Gasteiger partial charge >= 0.3 is 12.3 Å². The van der Waals surface area contributed by atoms with Gasteiger partial charge in [-0.1, -0.05) is 24.3 Å². The van der Waals surface area contributed by atoms with Crippen molar-refractivity contribution >= 4 is 17.4 Å². The summed E-state index contributed by atoms with van der Waals surface area (Å²) in [6.45, 7) is 7.66. The van der Waals surface area contributed by atoms with E-state index in [1.54, 1.807) is 4.90 Å². The zero-order valence-corrected chi connectivity index (χ0v) is 18.2. The van der Waals surface area contributed by atoms with Gasteiger partial charge in [0.15, 0.2) is 0 Å². The molecule has 3 nitrogen and oxygen atoms in total. The van der Waals surface area contributed by atoms with Crippen LogP contribution < -0.4 is 0 Å². The lowest BCUT2D eigenvalue weighted by atomic mass is 9.84. The van der Waals surface area contributed by atoms with Gasteiger partial charge in [0.25, 0.3) is 0 Å². The van der Waals surface area contributed by atoms with Gasteiger partial charge in [0, 0.05) is 0 Å². The van der Waals surface area contributed by atoms with Crippen LogP contribution >= 0.6 is 11.3 Å². The average Bonchev–Trinajstić information content (AvgIpc) is 3.35. The molecule has 2 aliphatic rings. The van der Waals surface area contributed by atoms with Crippen LogP contribution in [0.25, 0.3) is 11.1 Å². The molecule has 1 aromatic carbocycles. The molecule has 0 saturated carbocycles. The van der Waals surface area contributed by atoms with Crippen molar-refractivity contribution in [3.63, 3.8) is 0 Å². The minimum absolute atomic E-state index is 0.202. The third-order valence-electron chi connectivity index (χ3n) is 5.95. The fourth-order valence-corrected chi connectivity index (χ4v) is 5.36. The number of nitrogens with zero attached hydrogens (tertiary/aromatic N) is 1. The number of carbonyl (C=O) groups is 1. The first-order valence-electron chi connectivity index (χ1n) is 10.2. The molecule has 3 atom stereocenters. The molecule has 4 rings (SSSR count). The van der Waals surface area contributed by atoms with E-state index >= 15 is 0 Å². The van der Waals surface area contributed by atoms with E-state index in [2.05, 4.69) is 6.58 Å². The molecule has 0 bridgehead atoms. The topological polar surface area (TPSA) is 29.5 Å². The van der Waals surface area contributed by atoms with E-state index in [9.17, 15) is 18.0 Å². The normalized spacial score (nSPS) is 24.2. The highest BCUT2D eigenvalue weighted by molar-refractivity contribution is 7.08. The first-order valence-corrected chi connectivity index (χ1v) is 11.2. The van der Waals surface area contributed by atoms with Gasteiger partial charge in [-0.2, -0.15) is 24.5 Å². The second-order valence-corrected chi connectivity index (χ2v) is 9.05. The first kappa shape index (κ1) is 21.7. The number of hydrogen-bond acceptors (Lipinski definition) is 3. The molecular formula is C24H24F3NO2S. The Hall–Kier alpha value is -2.54. The Morgan fingerprint density at radius 3 is 2.68 bits per heavy atom. The molecule has 3 unspecified atom stereocenters. The van der Waals surface area contributed by atoms with E-state index in [1.165, 1.54) is 23.5 Å². The fraction of sp³-hybridized carbons (Fsp3) is 0.375. The Morgan fingerprint density at radius 1 is 1.26 bits per heavy atom. The Bertz CT molecular complexity index is 1030. The van der Waals surface area contributed by atoms with Gasteiger partial charge in [-0.15, -0.1) is 0 Å². The number of hydrogen-bond donors (Lipinski definition) is 0. The van der Waals surface area contributed by atoms with Crippen LogP contribution in [0.5, 0.6) is 0 Å². The van der Waals surface area contributed by atoms with Crippen molar-refractivity contribution in [2.75, 3.05) is 0 Å².